The molecule has 154 valence electrons. The van der Waals surface area contributed by atoms with E-state index in [1.807, 2.05) is 24.3 Å². The predicted molar refractivity (Wildman–Crippen MR) is 109 cm³/mol. The first-order chi connectivity index (χ1) is 14.0. The van der Waals surface area contributed by atoms with E-state index in [-0.39, 0.29) is 23.5 Å². The van der Waals surface area contributed by atoms with E-state index < -0.39 is 0 Å². The molecular formula is C23H27FN2O3. The van der Waals surface area contributed by atoms with Crippen molar-refractivity contribution in [1.29, 1.82) is 0 Å². The third-order valence-corrected chi connectivity index (χ3v) is 5.33. The first kappa shape index (κ1) is 20.8. The van der Waals surface area contributed by atoms with E-state index in [2.05, 4.69) is 5.32 Å². The highest BCUT2D eigenvalue weighted by Gasteiger charge is 2.29. The van der Waals surface area contributed by atoms with Crippen LogP contribution >= 0.6 is 0 Å². The number of carbonyl (C=O) groups is 2. The normalized spacial score (nSPS) is 16.6. The maximum atomic E-state index is 12.9. The van der Waals surface area contributed by atoms with Crippen molar-refractivity contribution < 1.29 is 18.7 Å². The molecule has 0 aromatic heterocycles. The lowest BCUT2D eigenvalue weighted by molar-refractivity contribution is -0.138. The number of amides is 2. The summed E-state index contributed by atoms with van der Waals surface area (Å²) >= 11 is 0. The first-order valence-electron chi connectivity index (χ1n) is 9.98. The summed E-state index contributed by atoms with van der Waals surface area (Å²) in [5, 5.41) is 2.95. The molecule has 0 saturated carbocycles. The quantitative estimate of drug-likeness (QED) is 0.744. The molecule has 1 aliphatic rings. The molecule has 1 fully saturated rings. The Labute approximate surface area is 170 Å². The number of benzene rings is 2. The minimum absolute atomic E-state index is 0.0194. The molecule has 5 nitrogen and oxygen atoms in total. The number of nitrogens with one attached hydrogen (secondary N) is 1. The Balaban J connectivity index is 1.45. The lowest BCUT2D eigenvalue weighted by atomic mass is 9.96. The number of ether oxygens (including phenoxy) is 1. The average Bonchev–Trinajstić information content (AvgIpc) is 2.75. The summed E-state index contributed by atoms with van der Waals surface area (Å²) in [6, 6.07) is 14.1. The molecule has 29 heavy (non-hydrogen) atoms. The monoisotopic (exact) mass is 398 g/mol. The van der Waals surface area contributed by atoms with E-state index in [1.54, 1.807) is 24.1 Å². The molecule has 2 aromatic rings. The summed E-state index contributed by atoms with van der Waals surface area (Å²) in [6.07, 6.45) is 2.38. The highest BCUT2D eigenvalue weighted by molar-refractivity contribution is 5.83. The number of rotatable bonds is 8. The smallest absolute Gasteiger partial charge is 0.224 e. The summed E-state index contributed by atoms with van der Waals surface area (Å²) in [7, 11) is 1.63. The topological polar surface area (TPSA) is 58.6 Å². The number of halogens is 1. The van der Waals surface area contributed by atoms with Crippen LogP contribution in [0.15, 0.2) is 48.5 Å². The van der Waals surface area contributed by atoms with E-state index in [1.165, 1.54) is 12.1 Å². The molecule has 1 N–H and O–H groups in total. The summed E-state index contributed by atoms with van der Waals surface area (Å²) in [4.78, 5) is 26.6. The third-order valence-electron chi connectivity index (χ3n) is 5.33. The number of nitrogens with zero attached hydrogens (tertiary/aromatic N) is 1. The van der Waals surface area contributed by atoms with Gasteiger partial charge in [0.25, 0.3) is 0 Å². The molecule has 3 rings (SSSR count). The van der Waals surface area contributed by atoms with Gasteiger partial charge in [0, 0.05) is 26.1 Å². The Morgan fingerprint density at radius 1 is 1.10 bits per heavy atom. The van der Waals surface area contributed by atoms with E-state index in [4.69, 9.17) is 4.74 Å². The Hall–Kier alpha value is -2.89. The summed E-state index contributed by atoms with van der Waals surface area (Å²) in [6.45, 7) is 1.56. The zero-order valence-electron chi connectivity index (χ0n) is 16.7. The van der Waals surface area contributed by atoms with Crippen LogP contribution in [0.4, 0.5) is 4.39 Å². The molecule has 1 atom stereocenters. The Morgan fingerprint density at radius 2 is 1.76 bits per heavy atom. The second-order valence-electron chi connectivity index (χ2n) is 7.34. The van der Waals surface area contributed by atoms with Gasteiger partial charge < -0.3 is 15.0 Å². The van der Waals surface area contributed by atoms with Crippen molar-refractivity contribution in [3.05, 3.63) is 65.5 Å². The van der Waals surface area contributed by atoms with E-state index in [9.17, 15) is 14.0 Å². The average molecular weight is 398 g/mol. The molecule has 2 aromatic carbocycles. The van der Waals surface area contributed by atoms with Crippen molar-refractivity contribution in [1.82, 2.24) is 10.2 Å². The SMILES string of the molecule is COc1ccc(CCN2C[C@H](C(=O)NCCc3ccc(F)cc3)CCC2=O)cc1. The highest BCUT2D eigenvalue weighted by Crippen LogP contribution is 2.19. The van der Waals surface area contributed by atoms with Gasteiger partial charge in [0.15, 0.2) is 0 Å². The largest absolute Gasteiger partial charge is 0.497 e. The first-order valence-corrected chi connectivity index (χ1v) is 9.98. The van der Waals surface area contributed by atoms with Crippen LogP contribution in [0.1, 0.15) is 24.0 Å². The van der Waals surface area contributed by atoms with Crippen LogP contribution in [0.2, 0.25) is 0 Å². The molecule has 0 spiro atoms. The second-order valence-corrected chi connectivity index (χ2v) is 7.34. The minimum atomic E-state index is -0.264. The molecular weight excluding hydrogens is 371 g/mol. The summed E-state index contributed by atoms with van der Waals surface area (Å²) < 4.78 is 18.1. The maximum absolute atomic E-state index is 12.9. The molecule has 1 heterocycles. The van der Waals surface area contributed by atoms with Gasteiger partial charge in [-0.3, -0.25) is 9.59 Å². The number of methoxy groups -OCH3 is 1. The number of carbonyl (C=O) groups excluding carboxylic acids is 2. The molecule has 0 bridgehead atoms. The van der Waals surface area contributed by atoms with E-state index in [0.717, 1.165) is 23.3 Å². The van der Waals surface area contributed by atoms with Crippen LogP contribution in [0.3, 0.4) is 0 Å². The molecule has 2 amide bonds. The highest BCUT2D eigenvalue weighted by atomic mass is 19.1. The molecule has 0 aliphatic carbocycles. The Kier molecular flexibility index (Phi) is 7.22. The lowest BCUT2D eigenvalue weighted by Gasteiger charge is -2.32. The molecule has 0 radical (unpaired) electrons. The van der Waals surface area contributed by atoms with E-state index in [0.29, 0.717) is 38.9 Å². The second kappa shape index (κ2) is 10.0. The van der Waals surface area contributed by atoms with Gasteiger partial charge in [0.2, 0.25) is 11.8 Å². The maximum Gasteiger partial charge on any atom is 0.224 e. The van der Waals surface area contributed by atoms with Gasteiger partial charge in [-0.15, -0.1) is 0 Å². The molecule has 1 saturated heterocycles. The Bertz CT molecular complexity index is 821. The van der Waals surface area contributed by atoms with Crippen molar-refractivity contribution in [2.24, 2.45) is 5.92 Å². The summed E-state index contributed by atoms with van der Waals surface area (Å²) in [5.74, 6) is 0.444. The fraction of sp³-hybridized carbons (Fsp3) is 0.391. The number of hydrogen-bond acceptors (Lipinski definition) is 3. The van der Waals surface area contributed by atoms with Crippen LogP contribution in [0, 0.1) is 11.7 Å². The van der Waals surface area contributed by atoms with Crippen LogP contribution < -0.4 is 10.1 Å². The lowest BCUT2D eigenvalue weighted by Crippen LogP contribution is -2.46. The van der Waals surface area contributed by atoms with Crippen LogP contribution in [0.25, 0.3) is 0 Å². The van der Waals surface area contributed by atoms with Crippen LogP contribution in [0.5, 0.6) is 5.75 Å². The van der Waals surface area contributed by atoms with Crippen LogP contribution in [-0.4, -0.2) is 43.5 Å². The fourth-order valence-electron chi connectivity index (χ4n) is 3.53. The zero-order chi connectivity index (χ0) is 20.6. The molecule has 0 unspecified atom stereocenters. The van der Waals surface area contributed by atoms with E-state index >= 15 is 0 Å². The van der Waals surface area contributed by atoms with Gasteiger partial charge in [0.1, 0.15) is 11.6 Å². The van der Waals surface area contributed by atoms with Crippen molar-refractivity contribution in [3.63, 3.8) is 0 Å². The number of piperidine rings is 1. The van der Waals surface area contributed by atoms with Gasteiger partial charge in [-0.25, -0.2) is 4.39 Å². The minimum Gasteiger partial charge on any atom is -0.497 e. The van der Waals surface area contributed by atoms with Crippen LogP contribution in [-0.2, 0) is 22.4 Å². The van der Waals surface area contributed by atoms with Gasteiger partial charge >= 0.3 is 0 Å². The standard InChI is InChI=1S/C23H27FN2O3/c1-29-21-9-4-18(5-10-21)13-15-26-16-19(6-11-22(26)27)23(28)25-14-12-17-2-7-20(24)8-3-17/h2-5,7-10,19H,6,11-16H2,1H3,(H,25,28)/t19-/m1/s1. The fourth-order valence-corrected chi connectivity index (χ4v) is 3.53. The van der Waals surface area contributed by atoms with Crippen molar-refractivity contribution in [2.45, 2.75) is 25.7 Å². The zero-order valence-corrected chi connectivity index (χ0v) is 16.7. The van der Waals surface area contributed by atoms with Crippen molar-refractivity contribution in [2.75, 3.05) is 26.7 Å². The summed E-state index contributed by atoms with van der Waals surface area (Å²) in [5.41, 5.74) is 2.11. The predicted octanol–water partition coefficient (Wildman–Crippen LogP) is 2.97. The van der Waals surface area contributed by atoms with Gasteiger partial charge in [0.05, 0.1) is 13.0 Å². The number of hydrogen-bond donors (Lipinski definition) is 1. The van der Waals surface area contributed by atoms with Gasteiger partial charge in [-0.2, -0.15) is 0 Å². The van der Waals surface area contributed by atoms with Gasteiger partial charge in [-0.05, 0) is 54.7 Å². The van der Waals surface area contributed by atoms with Crippen molar-refractivity contribution >= 4 is 11.8 Å². The van der Waals surface area contributed by atoms with Gasteiger partial charge in [-0.1, -0.05) is 24.3 Å². The Morgan fingerprint density at radius 3 is 2.45 bits per heavy atom. The molecule has 6 heteroatoms. The van der Waals surface area contributed by atoms with Crippen molar-refractivity contribution in [3.8, 4) is 5.75 Å². The third kappa shape index (κ3) is 6.04. The number of likely N-dealkylation sites (tertiary alicyclic amines) is 1. The molecule has 1 aliphatic heterocycles.